The zero-order valence-electron chi connectivity index (χ0n) is 13.9. The first-order valence-corrected chi connectivity index (χ1v) is 9.16. The van der Waals surface area contributed by atoms with Gasteiger partial charge < -0.3 is 10.6 Å². The summed E-state index contributed by atoms with van der Waals surface area (Å²) in [7, 11) is 1.73. The van der Waals surface area contributed by atoms with Crippen LogP contribution in [0.25, 0.3) is 0 Å². The van der Waals surface area contributed by atoms with Crippen LogP contribution in [0.5, 0.6) is 0 Å². The molecule has 2 aliphatic rings. The predicted octanol–water partition coefficient (Wildman–Crippen LogP) is 2.32. The molecule has 2 rings (SSSR count). The number of likely N-dealkylation sites (tertiary alicyclic amines) is 1. The van der Waals surface area contributed by atoms with E-state index in [2.05, 4.69) is 22.5 Å². The monoisotopic (exact) mass is 352 g/mol. The molecule has 2 N–H and O–H groups in total. The van der Waals surface area contributed by atoms with Gasteiger partial charge in [0.1, 0.15) is 0 Å². The molecule has 0 aliphatic carbocycles. The van der Waals surface area contributed by atoms with E-state index in [1.54, 1.807) is 7.05 Å². The molecule has 23 heavy (non-hydrogen) atoms. The zero-order chi connectivity index (χ0) is 16.9. The fraction of sp³-hybridized carbons (Fsp3) is 0.933. The molecule has 2 fully saturated rings. The zero-order valence-corrected chi connectivity index (χ0v) is 14.7. The van der Waals surface area contributed by atoms with Gasteiger partial charge in [0.2, 0.25) is 0 Å². The van der Waals surface area contributed by atoms with Crippen LogP contribution in [-0.2, 0) is 0 Å². The Bertz CT molecular complexity index is 408. The minimum atomic E-state index is -4.10. The molecule has 0 aromatic heterocycles. The molecule has 2 aliphatic heterocycles. The van der Waals surface area contributed by atoms with Gasteiger partial charge in [0.25, 0.3) is 0 Å². The van der Waals surface area contributed by atoms with Gasteiger partial charge in [-0.3, -0.25) is 9.89 Å². The van der Waals surface area contributed by atoms with Gasteiger partial charge >= 0.3 is 6.18 Å². The van der Waals surface area contributed by atoms with Gasteiger partial charge in [-0.2, -0.15) is 24.9 Å². The van der Waals surface area contributed by atoms with Gasteiger partial charge in [-0.1, -0.05) is 0 Å². The lowest BCUT2D eigenvalue weighted by Gasteiger charge is -2.25. The maximum absolute atomic E-state index is 12.4. The predicted molar refractivity (Wildman–Crippen MR) is 90.1 cm³/mol. The number of rotatable bonds is 5. The Morgan fingerprint density at radius 2 is 2.17 bits per heavy atom. The molecule has 0 radical (unpaired) electrons. The highest BCUT2D eigenvalue weighted by molar-refractivity contribution is 8.00. The average Bonchev–Trinajstić information content (AvgIpc) is 3.07. The highest BCUT2D eigenvalue weighted by Gasteiger charge is 2.34. The molecule has 2 atom stereocenters. The maximum atomic E-state index is 12.4. The van der Waals surface area contributed by atoms with Crippen LogP contribution in [0.4, 0.5) is 13.2 Å². The van der Waals surface area contributed by atoms with E-state index in [9.17, 15) is 13.2 Å². The summed E-state index contributed by atoms with van der Waals surface area (Å²) in [5.41, 5.74) is 0. The van der Waals surface area contributed by atoms with Crippen molar-refractivity contribution in [3.8, 4) is 0 Å². The topological polar surface area (TPSA) is 39.7 Å². The summed E-state index contributed by atoms with van der Waals surface area (Å²) in [6.45, 7) is 4.01. The number of alkyl halides is 3. The van der Waals surface area contributed by atoms with E-state index < -0.39 is 12.7 Å². The molecule has 0 saturated carbocycles. The first-order chi connectivity index (χ1) is 10.8. The van der Waals surface area contributed by atoms with Gasteiger partial charge in [-0.25, -0.2) is 0 Å². The van der Waals surface area contributed by atoms with E-state index in [-0.39, 0.29) is 10.7 Å². The Balaban J connectivity index is 1.68. The Morgan fingerprint density at radius 1 is 1.39 bits per heavy atom. The normalized spacial score (nSPS) is 30.0. The second-order valence-corrected chi connectivity index (χ2v) is 8.40. The van der Waals surface area contributed by atoms with Crippen molar-refractivity contribution in [1.29, 1.82) is 0 Å². The van der Waals surface area contributed by atoms with Crippen molar-refractivity contribution in [2.24, 2.45) is 10.9 Å². The second-order valence-electron chi connectivity index (χ2n) is 6.71. The quantitative estimate of drug-likeness (QED) is 0.588. The van der Waals surface area contributed by atoms with Crippen LogP contribution in [0.1, 0.15) is 26.2 Å². The number of hydrogen-bond acceptors (Lipinski definition) is 3. The fourth-order valence-electron chi connectivity index (χ4n) is 3.19. The van der Waals surface area contributed by atoms with Crippen LogP contribution in [-0.4, -0.2) is 67.3 Å². The summed E-state index contributed by atoms with van der Waals surface area (Å²) in [5, 5.41) is 6.61. The molecule has 2 unspecified atom stereocenters. The second kappa shape index (κ2) is 7.96. The van der Waals surface area contributed by atoms with Crippen molar-refractivity contribution in [2.45, 2.75) is 37.1 Å². The van der Waals surface area contributed by atoms with E-state index in [4.69, 9.17) is 0 Å². The van der Waals surface area contributed by atoms with E-state index in [0.717, 1.165) is 18.9 Å². The van der Waals surface area contributed by atoms with Gasteiger partial charge in [-0.05, 0) is 44.4 Å². The summed E-state index contributed by atoms with van der Waals surface area (Å²) in [6.07, 6.45) is -0.843. The molecule has 8 heteroatoms. The van der Waals surface area contributed by atoms with Crippen LogP contribution in [0.15, 0.2) is 4.99 Å². The van der Waals surface area contributed by atoms with E-state index in [1.165, 1.54) is 23.5 Å². The standard InChI is InChI=1S/C15H27F3N4S/c1-14(5-3-7-23-14)10-21-13(19-2)20-8-12-4-6-22(9-12)11-15(16,17)18/h12H,3-11H2,1-2H3,(H2,19,20,21). The smallest absolute Gasteiger partial charge is 0.356 e. The number of aliphatic imine (C=N–C) groups is 1. The first-order valence-electron chi connectivity index (χ1n) is 8.17. The fourth-order valence-corrected chi connectivity index (χ4v) is 4.43. The minimum Gasteiger partial charge on any atom is -0.356 e. The summed E-state index contributed by atoms with van der Waals surface area (Å²) in [6, 6.07) is 0. The van der Waals surface area contributed by atoms with Crippen molar-refractivity contribution in [3.05, 3.63) is 0 Å². The Morgan fingerprint density at radius 3 is 2.78 bits per heavy atom. The van der Waals surface area contributed by atoms with Gasteiger partial charge in [-0.15, -0.1) is 0 Å². The molecule has 0 bridgehead atoms. The van der Waals surface area contributed by atoms with Crippen molar-refractivity contribution in [3.63, 3.8) is 0 Å². The van der Waals surface area contributed by atoms with Crippen LogP contribution in [0, 0.1) is 5.92 Å². The number of thioether (sulfide) groups is 1. The maximum Gasteiger partial charge on any atom is 0.401 e. The van der Waals surface area contributed by atoms with Crippen LogP contribution >= 0.6 is 11.8 Å². The van der Waals surface area contributed by atoms with Gasteiger partial charge in [0.05, 0.1) is 6.54 Å². The summed E-state index contributed by atoms with van der Waals surface area (Å²) in [4.78, 5) is 5.70. The first kappa shape index (κ1) is 18.7. The van der Waals surface area contributed by atoms with Gasteiger partial charge in [0, 0.05) is 31.4 Å². The molecular formula is C15H27F3N4S. The van der Waals surface area contributed by atoms with Crippen molar-refractivity contribution >= 4 is 17.7 Å². The molecule has 0 aromatic carbocycles. The van der Waals surface area contributed by atoms with Crippen molar-refractivity contribution in [2.75, 3.05) is 45.5 Å². The minimum absolute atomic E-state index is 0.243. The van der Waals surface area contributed by atoms with E-state index in [0.29, 0.717) is 19.6 Å². The van der Waals surface area contributed by atoms with Gasteiger partial charge in [0.15, 0.2) is 5.96 Å². The number of halogens is 3. The highest BCUT2D eigenvalue weighted by Crippen LogP contribution is 2.36. The largest absolute Gasteiger partial charge is 0.401 e. The number of nitrogens with zero attached hydrogens (tertiary/aromatic N) is 2. The van der Waals surface area contributed by atoms with Crippen LogP contribution < -0.4 is 10.6 Å². The molecule has 2 heterocycles. The van der Waals surface area contributed by atoms with Crippen LogP contribution in [0.3, 0.4) is 0 Å². The third-order valence-electron chi connectivity index (χ3n) is 4.48. The average molecular weight is 352 g/mol. The molecule has 0 spiro atoms. The Kier molecular flexibility index (Phi) is 6.48. The van der Waals surface area contributed by atoms with E-state index in [1.807, 2.05) is 11.8 Å². The number of nitrogens with one attached hydrogen (secondary N) is 2. The SMILES string of the molecule is CN=C(NCC1CCN(CC(F)(F)F)C1)NCC1(C)CCCS1. The lowest BCUT2D eigenvalue weighted by Crippen LogP contribution is -2.45. The molecule has 2 saturated heterocycles. The summed E-state index contributed by atoms with van der Waals surface area (Å²) >= 11 is 1.99. The molecule has 134 valence electrons. The lowest BCUT2D eigenvalue weighted by molar-refractivity contribution is -0.143. The Hall–Kier alpha value is -0.630. The molecule has 0 amide bonds. The third kappa shape index (κ3) is 6.41. The summed E-state index contributed by atoms with van der Waals surface area (Å²) < 4.78 is 37.5. The molecular weight excluding hydrogens is 325 g/mol. The van der Waals surface area contributed by atoms with Crippen molar-refractivity contribution < 1.29 is 13.2 Å². The van der Waals surface area contributed by atoms with Crippen molar-refractivity contribution in [1.82, 2.24) is 15.5 Å². The highest BCUT2D eigenvalue weighted by atomic mass is 32.2. The number of guanidine groups is 1. The van der Waals surface area contributed by atoms with Crippen LogP contribution in [0.2, 0.25) is 0 Å². The molecule has 0 aromatic rings. The summed E-state index contributed by atoms with van der Waals surface area (Å²) in [5.74, 6) is 2.20. The van der Waals surface area contributed by atoms with E-state index >= 15 is 0 Å². The lowest BCUT2D eigenvalue weighted by atomic mass is 10.1. The Labute approximate surface area is 140 Å². The third-order valence-corrected chi connectivity index (χ3v) is 6.02. The number of hydrogen-bond donors (Lipinski definition) is 2. The molecule has 4 nitrogen and oxygen atoms in total.